The normalized spacial score (nSPS) is 10.8. The molecule has 0 unspecified atom stereocenters. The van der Waals surface area contributed by atoms with Gasteiger partial charge >= 0.3 is 0 Å². The molecule has 1 aromatic carbocycles. The van der Waals surface area contributed by atoms with Crippen molar-refractivity contribution in [1.82, 2.24) is 19.3 Å². The molecule has 3 rings (SSSR count). The third kappa shape index (κ3) is 4.72. The number of rotatable bonds is 8. The van der Waals surface area contributed by atoms with Gasteiger partial charge in [0.1, 0.15) is 5.82 Å². The third-order valence-electron chi connectivity index (χ3n) is 4.62. The molecule has 0 saturated heterocycles. The topological polar surface area (TPSA) is 64.7 Å². The van der Waals surface area contributed by atoms with Crippen molar-refractivity contribution in [2.45, 2.75) is 32.0 Å². The average Bonchev–Trinajstić information content (AvgIpc) is 3.24. The number of nitrogens with zero attached hydrogens (tertiary/aromatic N) is 4. The number of aryl methyl sites for hydroxylation is 3. The number of hydrogen-bond donors (Lipinski definition) is 1. The van der Waals surface area contributed by atoms with E-state index in [0.29, 0.717) is 13.0 Å². The van der Waals surface area contributed by atoms with Gasteiger partial charge in [0.15, 0.2) is 5.16 Å². The number of allylic oxidation sites excluding steroid dienone is 1. The molecule has 0 saturated carbocycles. The highest BCUT2D eigenvalue weighted by molar-refractivity contribution is 7.99. The predicted molar refractivity (Wildman–Crippen MR) is 114 cm³/mol. The molecule has 0 aliphatic carbocycles. The van der Waals surface area contributed by atoms with Crippen LogP contribution in [0, 0.1) is 13.8 Å². The minimum Gasteiger partial charge on any atom is -0.354 e. The van der Waals surface area contributed by atoms with Crippen LogP contribution < -0.4 is 5.32 Å². The fraction of sp³-hybridized carbons (Fsp3) is 0.286. The van der Waals surface area contributed by atoms with Gasteiger partial charge in [0, 0.05) is 37.6 Å². The number of nitrogens with one attached hydrogen (secondary N) is 1. The highest BCUT2D eigenvalue weighted by Gasteiger charge is 2.15. The SMILES string of the molecule is C=CCn1c(Cc2cccn2C)nnc1SCC(=O)Nc1ccc(C)c(C)c1. The summed E-state index contributed by atoms with van der Waals surface area (Å²) in [7, 11) is 2.01. The molecule has 0 fully saturated rings. The molecule has 0 bridgehead atoms. The molecule has 146 valence electrons. The molecule has 7 heteroatoms. The van der Waals surface area contributed by atoms with Gasteiger partial charge in [-0.2, -0.15) is 0 Å². The van der Waals surface area contributed by atoms with Crippen molar-refractivity contribution >= 4 is 23.4 Å². The van der Waals surface area contributed by atoms with Crippen LogP contribution in [0.5, 0.6) is 0 Å². The Morgan fingerprint density at radius 2 is 2.07 bits per heavy atom. The quantitative estimate of drug-likeness (QED) is 0.466. The number of carbonyl (C=O) groups is 1. The Morgan fingerprint density at radius 3 is 2.75 bits per heavy atom. The van der Waals surface area contributed by atoms with Gasteiger partial charge in [-0.15, -0.1) is 16.8 Å². The first kappa shape index (κ1) is 19.9. The lowest BCUT2D eigenvalue weighted by atomic mass is 10.1. The van der Waals surface area contributed by atoms with Crippen LogP contribution in [0.3, 0.4) is 0 Å². The number of hydrogen-bond acceptors (Lipinski definition) is 4. The van der Waals surface area contributed by atoms with E-state index in [9.17, 15) is 4.79 Å². The Labute approximate surface area is 169 Å². The lowest BCUT2D eigenvalue weighted by Crippen LogP contribution is -2.15. The van der Waals surface area contributed by atoms with Crippen LogP contribution in [-0.4, -0.2) is 31.0 Å². The number of benzene rings is 1. The van der Waals surface area contributed by atoms with Gasteiger partial charge < -0.3 is 14.5 Å². The Kier molecular flexibility index (Phi) is 6.36. The van der Waals surface area contributed by atoms with E-state index in [1.54, 1.807) is 0 Å². The Balaban J connectivity index is 1.66. The molecule has 0 spiro atoms. The predicted octanol–water partition coefficient (Wildman–Crippen LogP) is 3.74. The second-order valence-corrected chi connectivity index (χ2v) is 7.66. The third-order valence-corrected chi connectivity index (χ3v) is 5.59. The van der Waals surface area contributed by atoms with Crippen LogP contribution in [0.4, 0.5) is 5.69 Å². The van der Waals surface area contributed by atoms with Crippen molar-refractivity contribution < 1.29 is 4.79 Å². The first-order chi connectivity index (χ1) is 13.5. The molecule has 1 amide bonds. The van der Waals surface area contributed by atoms with Crippen LogP contribution in [0.2, 0.25) is 0 Å². The van der Waals surface area contributed by atoms with Crippen LogP contribution in [0.1, 0.15) is 22.6 Å². The number of thioether (sulfide) groups is 1. The molecule has 2 aromatic heterocycles. The first-order valence-corrected chi connectivity index (χ1v) is 10.1. The molecule has 28 heavy (non-hydrogen) atoms. The standard InChI is InChI=1S/C21H25N5OS/c1-5-10-26-19(13-18-7-6-11-25(18)4)23-24-21(26)28-14-20(27)22-17-9-8-15(2)16(3)12-17/h5-9,11-12H,1,10,13-14H2,2-4H3,(H,22,27). The number of anilines is 1. The fourth-order valence-electron chi connectivity index (χ4n) is 2.86. The summed E-state index contributed by atoms with van der Waals surface area (Å²) in [5.74, 6) is 1.07. The molecular weight excluding hydrogens is 370 g/mol. The minimum absolute atomic E-state index is 0.0645. The van der Waals surface area contributed by atoms with E-state index >= 15 is 0 Å². The highest BCUT2D eigenvalue weighted by atomic mass is 32.2. The van der Waals surface area contributed by atoms with Gasteiger partial charge in [-0.25, -0.2) is 0 Å². The summed E-state index contributed by atoms with van der Waals surface area (Å²) in [6.45, 7) is 8.52. The first-order valence-electron chi connectivity index (χ1n) is 9.11. The van der Waals surface area contributed by atoms with E-state index < -0.39 is 0 Å². The summed E-state index contributed by atoms with van der Waals surface area (Å²) < 4.78 is 4.07. The van der Waals surface area contributed by atoms with E-state index in [4.69, 9.17) is 0 Å². The van der Waals surface area contributed by atoms with E-state index in [2.05, 4.69) is 39.7 Å². The Hall–Kier alpha value is -2.80. The minimum atomic E-state index is -0.0645. The summed E-state index contributed by atoms with van der Waals surface area (Å²) in [6, 6.07) is 9.99. The molecule has 6 nitrogen and oxygen atoms in total. The zero-order valence-corrected chi connectivity index (χ0v) is 17.3. The van der Waals surface area contributed by atoms with E-state index in [0.717, 1.165) is 27.9 Å². The van der Waals surface area contributed by atoms with E-state index in [1.165, 1.54) is 17.3 Å². The fourth-order valence-corrected chi connectivity index (χ4v) is 3.62. The van der Waals surface area contributed by atoms with Crippen molar-refractivity contribution in [2.24, 2.45) is 7.05 Å². The maximum absolute atomic E-state index is 12.3. The number of amides is 1. The number of aromatic nitrogens is 4. The van der Waals surface area contributed by atoms with Crippen molar-refractivity contribution in [3.63, 3.8) is 0 Å². The second-order valence-electron chi connectivity index (χ2n) is 6.72. The molecule has 2 heterocycles. The van der Waals surface area contributed by atoms with E-state index in [-0.39, 0.29) is 11.7 Å². The lowest BCUT2D eigenvalue weighted by molar-refractivity contribution is -0.113. The molecule has 3 aromatic rings. The maximum Gasteiger partial charge on any atom is 0.234 e. The summed E-state index contributed by atoms with van der Waals surface area (Å²) in [5.41, 5.74) is 4.32. The van der Waals surface area contributed by atoms with E-state index in [1.807, 2.05) is 55.1 Å². The smallest absolute Gasteiger partial charge is 0.234 e. The molecule has 0 atom stereocenters. The average molecular weight is 396 g/mol. The van der Waals surface area contributed by atoms with Crippen molar-refractivity contribution in [3.05, 3.63) is 71.8 Å². The monoisotopic (exact) mass is 395 g/mol. The molecule has 0 aliphatic heterocycles. The van der Waals surface area contributed by atoms with Crippen LogP contribution in [-0.2, 0) is 24.8 Å². The van der Waals surface area contributed by atoms with Gasteiger partial charge in [-0.05, 0) is 49.2 Å². The van der Waals surface area contributed by atoms with Crippen LogP contribution in [0.15, 0.2) is 54.3 Å². The molecule has 0 aliphatic rings. The maximum atomic E-state index is 12.3. The zero-order chi connectivity index (χ0) is 20.1. The van der Waals surface area contributed by atoms with Gasteiger partial charge in [-0.3, -0.25) is 4.79 Å². The summed E-state index contributed by atoms with van der Waals surface area (Å²) in [5, 5.41) is 12.3. The summed E-state index contributed by atoms with van der Waals surface area (Å²) in [6.07, 6.45) is 4.51. The summed E-state index contributed by atoms with van der Waals surface area (Å²) >= 11 is 1.38. The van der Waals surface area contributed by atoms with Crippen molar-refractivity contribution in [2.75, 3.05) is 11.1 Å². The summed E-state index contributed by atoms with van der Waals surface area (Å²) in [4.78, 5) is 12.3. The number of carbonyl (C=O) groups excluding carboxylic acids is 1. The van der Waals surface area contributed by atoms with Gasteiger partial charge in [-0.1, -0.05) is 23.9 Å². The Bertz CT molecular complexity index is 989. The molecular formula is C21H25N5OS. The van der Waals surface area contributed by atoms with Gasteiger partial charge in [0.05, 0.1) is 5.75 Å². The van der Waals surface area contributed by atoms with Gasteiger partial charge in [0.2, 0.25) is 5.91 Å². The second kappa shape index (κ2) is 8.93. The van der Waals surface area contributed by atoms with Crippen LogP contribution in [0.25, 0.3) is 0 Å². The Morgan fingerprint density at radius 1 is 1.25 bits per heavy atom. The van der Waals surface area contributed by atoms with Gasteiger partial charge in [0.25, 0.3) is 0 Å². The zero-order valence-electron chi connectivity index (χ0n) is 16.5. The molecule has 0 radical (unpaired) electrons. The highest BCUT2D eigenvalue weighted by Crippen LogP contribution is 2.20. The lowest BCUT2D eigenvalue weighted by Gasteiger charge is -2.09. The van der Waals surface area contributed by atoms with Crippen molar-refractivity contribution in [1.29, 1.82) is 0 Å². The van der Waals surface area contributed by atoms with Crippen LogP contribution >= 0.6 is 11.8 Å². The largest absolute Gasteiger partial charge is 0.354 e. The van der Waals surface area contributed by atoms with Crippen molar-refractivity contribution in [3.8, 4) is 0 Å². The molecule has 1 N–H and O–H groups in total.